The smallest absolute Gasteiger partial charge is 0.223 e. The van der Waals surface area contributed by atoms with Crippen LogP contribution in [0.1, 0.15) is 0 Å². The molecule has 0 amide bonds. The van der Waals surface area contributed by atoms with Crippen molar-refractivity contribution in [1.82, 2.24) is 4.98 Å². The van der Waals surface area contributed by atoms with Crippen molar-refractivity contribution in [2.24, 2.45) is 5.14 Å². The molecule has 0 saturated carbocycles. The number of nitrogens with two attached hydrogens (primary N) is 1. The van der Waals surface area contributed by atoms with E-state index < -0.39 is 10.0 Å². The van der Waals surface area contributed by atoms with E-state index in [-0.39, 0.29) is 10.2 Å². The standard InChI is InChI=1S/C5H4ClN2O2S/c6-4-2-1-3-5(8-4)11(7,9)10/h1,3H,(H2,7,9,10). The first kappa shape index (κ1) is 8.45. The summed E-state index contributed by atoms with van der Waals surface area (Å²) in [4.78, 5) is 3.44. The molecule has 0 fully saturated rings. The van der Waals surface area contributed by atoms with Crippen LogP contribution in [0.2, 0.25) is 5.15 Å². The topological polar surface area (TPSA) is 73.1 Å². The van der Waals surface area contributed by atoms with E-state index in [2.05, 4.69) is 11.1 Å². The van der Waals surface area contributed by atoms with E-state index in [9.17, 15) is 8.42 Å². The number of nitrogens with zero attached hydrogens (tertiary/aromatic N) is 1. The monoisotopic (exact) mass is 191 g/mol. The minimum absolute atomic E-state index is 0.0171. The molecule has 0 atom stereocenters. The van der Waals surface area contributed by atoms with Crippen LogP contribution in [-0.2, 0) is 10.0 Å². The van der Waals surface area contributed by atoms with Gasteiger partial charge in [-0.2, -0.15) is 0 Å². The number of sulfonamides is 1. The van der Waals surface area contributed by atoms with Crippen molar-refractivity contribution < 1.29 is 8.42 Å². The fraction of sp³-hybridized carbons (Fsp3) is 0. The first-order chi connectivity index (χ1) is 5.00. The molecule has 0 bridgehead atoms. The van der Waals surface area contributed by atoms with Crippen LogP contribution in [0.5, 0.6) is 0 Å². The second-order valence-electron chi connectivity index (χ2n) is 1.76. The molecule has 0 aliphatic carbocycles. The molecule has 2 N–H and O–H groups in total. The Morgan fingerprint density at radius 1 is 1.64 bits per heavy atom. The molecular weight excluding hydrogens is 188 g/mol. The van der Waals surface area contributed by atoms with Crippen LogP contribution < -0.4 is 5.14 Å². The van der Waals surface area contributed by atoms with Crippen molar-refractivity contribution in [2.75, 3.05) is 0 Å². The van der Waals surface area contributed by atoms with Crippen molar-refractivity contribution in [2.45, 2.75) is 5.03 Å². The number of pyridine rings is 1. The van der Waals surface area contributed by atoms with Gasteiger partial charge in [-0.05, 0) is 12.1 Å². The van der Waals surface area contributed by atoms with Crippen LogP contribution in [-0.4, -0.2) is 13.4 Å². The highest BCUT2D eigenvalue weighted by Gasteiger charge is 2.08. The van der Waals surface area contributed by atoms with Crippen molar-refractivity contribution in [3.8, 4) is 0 Å². The molecule has 0 aliphatic heterocycles. The average Bonchev–Trinajstić information content (AvgIpc) is 1.86. The van der Waals surface area contributed by atoms with E-state index in [1.807, 2.05) is 0 Å². The van der Waals surface area contributed by atoms with Gasteiger partial charge in [-0.15, -0.1) is 0 Å². The zero-order chi connectivity index (χ0) is 8.48. The molecule has 1 aromatic rings. The van der Waals surface area contributed by atoms with Crippen LogP contribution in [0.3, 0.4) is 0 Å². The van der Waals surface area contributed by atoms with Crippen molar-refractivity contribution in [1.29, 1.82) is 0 Å². The van der Waals surface area contributed by atoms with Gasteiger partial charge >= 0.3 is 0 Å². The molecule has 1 radical (unpaired) electrons. The van der Waals surface area contributed by atoms with E-state index in [0.29, 0.717) is 0 Å². The molecule has 0 spiro atoms. The Labute approximate surface area is 69.1 Å². The van der Waals surface area contributed by atoms with Crippen molar-refractivity contribution >= 4 is 21.6 Å². The van der Waals surface area contributed by atoms with Gasteiger partial charge in [0, 0.05) is 6.07 Å². The summed E-state index contributed by atoms with van der Waals surface area (Å²) in [6.45, 7) is 0. The SMILES string of the molecule is NS(=O)(=O)c1cc[c]c(Cl)n1. The quantitative estimate of drug-likeness (QED) is 0.644. The van der Waals surface area contributed by atoms with Gasteiger partial charge in [-0.3, -0.25) is 0 Å². The normalized spacial score (nSPS) is 11.5. The van der Waals surface area contributed by atoms with Crippen LogP contribution in [0.4, 0.5) is 0 Å². The lowest BCUT2D eigenvalue weighted by atomic mass is 10.5. The van der Waals surface area contributed by atoms with E-state index in [1.54, 1.807) is 0 Å². The summed E-state index contributed by atoms with van der Waals surface area (Å²) in [6.07, 6.45) is 0. The summed E-state index contributed by atoms with van der Waals surface area (Å²) in [6, 6.07) is 5.04. The number of hydrogen-bond donors (Lipinski definition) is 1. The summed E-state index contributed by atoms with van der Waals surface area (Å²) in [5.74, 6) is 0. The molecule has 6 heteroatoms. The predicted molar refractivity (Wildman–Crippen MR) is 39.5 cm³/mol. The van der Waals surface area contributed by atoms with Crippen LogP contribution >= 0.6 is 11.6 Å². The Bertz CT molecular complexity index is 363. The summed E-state index contributed by atoms with van der Waals surface area (Å²) >= 11 is 5.36. The summed E-state index contributed by atoms with van der Waals surface area (Å²) in [5, 5.41) is 4.50. The Kier molecular flexibility index (Phi) is 2.12. The molecule has 0 aromatic carbocycles. The second kappa shape index (κ2) is 2.77. The number of aromatic nitrogens is 1. The first-order valence-corrected chi connectivity index (χ1v) is 4.49. The van der Waals surface area contributed by atoms with Crippen LogP contribution in [0, 0.1) is 6.07 Å². The third-order valence-corrected chi connectivity index (χ3v) is 1.93. The van der Waals surface area contributed by atoms with Crippen molar-refractivity contribution in [3.05, 3.63) is 23.4 Å². The second-order valence-corrected chi connectivity index (χ2v) is 3.63. The molecule has 0 aliphatic rings. The number of rotatable bonds is 1. The molecule has 0 saturated heterocycles. The highest BCUT2D eigenvalue weighted by molar-refractivity contribution is 7.89. The maximum atomic E-state index is 10.6. The highest BCUT2D eigenvalue weighted by Crippen LogP contribution is 2.07. The molecular formula is C5H4ClN2O2S. The summed E-state index contributed by atoms with van der Waals surface area (Å²) < 4.78 is 21.3. The first-order valence-electron chi connectivity index (χ1n) is 2.57. The highest BCUT2D eigenvalue weighted by atomic mass is 35.5. The molecule has 11 heavy (non-hydrogen) atoms. The van der Waals surface area contributed by atoms with Gasteiger partial charge in [0.25, 0.3) is 10.0 Å². The number of hydrogen-bond acceptors (Lipinski definition) is 3. The molecule has 1 aromatic heterocycles. The number of halogens is 1. The summed E-state index contributed by atoms with van der Waals surface area (Å²) in [7, 11) is -3.74. The minimum Gasteiger partial charge on any atom is -0.223 e. The third-order valence-electron chi connectivity index (χ3n) is 0.928. The Morgan fingerprint density at radius 2 is 2.27 bits per heavy atom. The summed E-state index contributed by atoms with van der Waals surface area (Å²) in [5.41, 5.74) is 0. The van der Waals surface area contributed by atoms with Crippen LogP contribution in [0.15, 0.2) is 17.2 Å². The molecule has 1 rings (SSSR count). The van der Waals surface area contributed by atoms with Gasteiger partial charge in [0.15, 0.2) is 5.03 Å². The average molecular weight is 192 g/mol. The fourth-order valence-electron chi connectivity index (χ4n) is 0.506. The third kappa shape index (κ3) is 2.14. The lowest BCUT2D eigenvalue weighted by Crippen LogP contribution is -2.13. The lowest BCUT2D eigenvalue weighted by molar-refractivity contribution is 0.594. The largest absolute Gasteiger partial charge is 0.255 e. The number of primary sulfonamides is 1. The van der Waals surface area contributed by atoms with Crippen LogP contribution in [0.25, 0.3) is 0 Å². The van der Waals surface area contributed by atoms with E-state index in [4.69, 9.17) is 16.7 Å². The molecule has 0 unspecified atom stereocenters. The van der Waals surface area contributed by atoms with Gasteiger partial charge in [-0.1, -0.05) is 11.6 Å². The Balaban J connectivity index is 3.28. The Morgan fingerprint density at radius 3 is 2.64 bits per heavy atom. The minimum atomic E-state index is -3.74. The zero-order valence-electron chi connectivity index (χ0n) is 5.28. The molecule has 4 nitrogen and oxygen atoms in total. The van der Waals surface area contributed by atoms with Gasteiger partial charge in [0.1, 0.15) is 5.15 Å². The predicted octanol–water partition coefficient (Wildman–Crippen LogP) is 0.183. The molecule has 59 valence electrons. The van der Waals surface area contributed by atoms with Gasteiger partial charge in [0.05, 0.1) is 0 Å². The fourth-order valence-corrected chi connectivity index (χ4v) is 1.19. The Hall–Kier alpha value is -0.650. The van der Waals surface area contributed by atoms with E-state index in [1.165, 1.54) is 12.1 Å². The lowest BCUT2D eigenvalue weighted by Gasteiger charge is -1.94. The van der Waals surface area contributed by atoms with E-state index >= 15 is 0 Å². The van der Waals surface area contributed by atoms with E-state index in [0.717, 1.165) is 0 Å². The van der Waals surface area contributed by atoms with Gasteiger partial charge < -0.3 is 0 Å². The molecule has 1 heterocycles. The van der Waals surface area contributed by atoms with Gasteiger partial charge in [0.2, 0.25) is 0 Å². The maximum Gasteiger partial charge on any atom is 0.255 e. The zero-order valence-corrected chi connectivity index (χ0v) is 6.85. The van der Waals surface area contributed by atoms with Gasteiger partial charge in [-0.25, -0.2) is 18.5 Å². The maximum absolute atomic E-state index is 10.6. The van der Waals surface area contributed by atoms with Crippen molar-refractivity contribution in [3.63, 3.8) is 0 Å².